The standard InChI is InChI=1S/C39H55N2O5.HI/c1-4-6-7-8-9-10-11-12-13-14-15-19-29-45-36-23-22-34(30-37(36)44-3)32-46-39(43)41(38(42)35-20-17-16-18-21-35)31-33-24-27-40(26-5-2)28-25-33;/h16-18,20-25,27-28,30H,4-15,19,26,29,31-32H2,1-3H3;1H/q+1;/p-1. The number of hydrogen-bond acceptors (Lipinski definition) is 5. The molecule has 0 N–H and O–H groups in total. The number of benzene rings is 2. The maximum Gasteiger partial charge on any atom is 0.417 e. The fraction of sp³-hybridized carbons (Fsp3) is 0.513. The number of rotatable bonds is 22. The molecule has 0 aliphatic carbocycles. The van der Waals surface area contributed by atoms with Crippen LogP contribution in [0.25, 0.3) is 0 Å². The van der Waals surface area contributed by atoms with Gasteiger partial charge in [0.25, 0.3) is 5.91 Å². The van der Waals surface area contributed by atoms with E-state index in [0.29, 0.717) is 23.7 Å². The van der Waals surface area contributed by atoms with Crippen molar-refractivity contribution < 1.29 is 52.3 Å². The summed E-state index contributed by atoms with van der Waals surface area (Å²) in [5.74, 6) is 0.857. The lowest BCUT2D eigenvalue weighted by Crippen LogP contribution is -3.00. The molecular weight excluding hydrogens is 703 g/mol. The predicted molar refractivity (Wildman–Crippen MR) is 183 cm³/mol. The zero-order valence-corrected chi connectivity index (χ0v) is 30.9. The lowest BCUT2D eigenvalue weighted by atomic mass is 10.1. The molecule has 1 heterocycles. The number of unbranched alkanes of at least 4 members (excludes halogenated alkanes) is 11. The van der Waals surface area contributed by atoms with Crippen LogP contribution in [0.3, 0.4) is 0 Å². The molecule has 3 rings (SSSR count). The van der Waals surface area contributed by atoms with Crippen molar-refractivity contribution >= 4 is 12.0 Å². The predicted octanol–water partition coefficient (Wildman–Crippen LogP) is 6.46. The van der Waals surface area contributed by atoms with E-state index in [4.69, 9.17) is 14.2 Å². The van der Waals surface area contributed by atoms with E-state index in [-0.39, 0.29) is 37.1 Å². The van der Waals surface area contributed by atoms with Crippen molar-refractivity contribution in [2.45, 2.75) is 117 Å². The highest BCUT2D eigenvalue weighted by molar-refractivity contribution is 6.02. The molecule has 0 aliphatic heterocycles. The normalized spacial score (nSPS) is 10.6. The van der Waals surface area contributed by atoms with E-state index in [0.717, 1.165) is 41.8 Å². The highest BCUT2D eigenvalue weighted by Gasteiger charge is 2.25. The fourth-order valence-corrected chi connectivity index (χ4v) is 5.41. The summed E-state index contributed by atoms with van der Waals surface area (Å²) in [6.07, 6.45) is 19.9. The van der Waals surface area contributed by atoms with Crippen LogP contribution in [0, 0.1) is 0 Å². The summed E-state index contributed by atoms with van der Waals surface area (Å²) in [5, 5.41) is 0. The third-order valence-corrected chi connectivity index (χ3v) is 8.11. The number of halogens is 1. The average Bonchev–Trinajstić information content (AvgIpc) is 3.09. The summed E-state index contributed by atoms with van der Waals surface area (Å²) in [6.45, 7) is 6.03. The smallest absolute Gasteiger partial charge is 0.417 e. The molecule has 47 heavy (non-hydrogen) atoms. The highest BCUT2D eigenvalue weighted by atomic mass is 127. The minimum Gasteiger partial charge on any atom is -1.00 e. The van der Waals surface area contributed by atoms with Gasteiger partial charge < -0.3 is 38.2 Å². The van der Waals surface area contributed by atoms with Crippen molar-refractivity contribution in [3.05, 3.63) is 89.7 Å². The number of carbonyl (C=O) groups excluding carboxylic acids is 2. The number of aromatic nitrogens is 1. The van der Waals surface area contributed by atoms with E-state index < -0.39 is 12.0 Å². The third kappa shape index (κ3) is 15.1. The van der Waals surface area contributed by atoms with Crippen LogP contribution in [0.4, 0.5) is 4.79 Å². The van der Waals surface area contributed by atoms with Crippen molar-refractivity contribution in [1.82, 2.24) is 4.90 Å². The number of amides is 2. The molecule has 1 aromatic heterocycles. The third-order valence-electron chi connectivity index (χ3n) is 8.11. The van der Waals surface area contributed by atoms with Crippen molar-refractivity contribution in [1.29, 1.82) is 0 Å². The summed E-state index contributed by atoms with van der Waals surface area (Å²) in [6, 6.07) is 18.2. The number of ether oxygens (including phenoxy) is 3. The van der Waals surface area contributed by atoms with Gasteiger partial charge in [0.1, 0.15) is 13.2 Å². The van der Waals surface area contributed by atoms with Crippen molar-refractivity contribution in [2.75, 3.05) is 13.7 Å². The van der Waals surface area contributed by atoms with Gasteiger partial charge in [-0.15, -0.1) is 0 Å². The monoisotopic (exact) mass is 758 g/mol. The maximum atomic E-state index is 13.4. The first-order valence-electron chi connectivity index (χ1n) is 17.4. The molecule has 0 saturated carbocycles. The molecule has 2 amide bonds. The van der Waals surface area contributed by atoms with Gasteiger partial charge in [0, 0.05) is 24.1 Å². The van der Waals surface area contributed by atoms with E-state index in [1.54, 1.807) is 31.4 Å². The van der Waals surface area contributed by atoms with Crippen LogP contribution >= 0.6 is 0 Å². The Balaban J connectivity index is 0.00000768. The average molecular weight is 759 g/mol. The molecule has 0 bridgehead atoms. The van der Waals surface area contributed by atoms with Gasteiger partial charge >= 0.3 is 6.09 Å². The van der Waals surface area contributed by atoms with Gasteiger partial charge in [-0.25, -0.2) is 14.3 Å². The Labute approximate surface area is 300 Å². The highest BCUT2D eigenvalue weighted by Crippen LogP contribution is 2.29. The van der Waals surface area contributed by atoms with E-state index in [1.807, 2.05) is 48.8 Å². The maximum absolute atomic E-state index is 13.4. The molecule has 0 spiro atoms. The Morgan fingerprint density at radius 2 is 1.32 bits per heavy atom. The zero-order chi connectivity index (χ0) is 32.8. The Kier molecular flexibility index (Phi) is 20.5. The van der Waals surface area contributed by atoms with Gasteiger partial charge in [-0.05, 0) is 41.8 Å². The second-order valence-corrected chi connectivity index (χ2v) is 12.0. The molecule has 258 valence electrons. The Morgan fingerprint density at radius 1 is 0.702 bits per heavy atom. The number of carbonyl (C=O) groups is 2. The van der Waals surface area contributed by atoms with Gasteiger partial charge in [-0.1, -0.05) is 109 Å². The van der Waals surface area contributed by atoms with E-state index in [9.17, 15) is 9.59 Å². The van der Waals surface area contributed by atoms with Crippen LogP contribution in [0.2, 0.25) is 0 Å². The second kappa shape index (κ2) is 24.1. The van der Waals surface area contributed by atoms with Crippen LogP contribution in [0.1, 0.15) is 119 Å². The quantitative estimate of drug-likeness (QED) is 0.0670. The van der Waals surface area contributed by atoms with Crippen LogP contribution < -0.4 is 38.0 Å². The zero-order valence-electron chi connectivity index (χ0n) is 28.8. The lowest BCUT2D eigenvalue weighted by molar-refractivity contribution is -0.697. The van der Waals surface area contributed by atoms with E-state index in [2.05, 4.69) is 18.4 Å². The minimum absolute atomic E-state index is 0. The van der Waals surface area contributed by atoms with Crippen LogP contribution in [0.15, 0.2) is 73.1 Å². The topological polar surface area (TPSA) is 69.0 Å². The van der Waals surface area contributed by atoms with Crippen molar-refractivity contribution in [3.63, 3.8) is 0 Å². The molecular formula is C39H55IN2O5. The largest absolute Gasteiger partial charge is 1.00 e. The number of methoxy groups -OCH3 is 1. The Bertz CT molecular complexity index is 1290. The van der Waals surface area contributed by atoms with Crippen molar-refractivity contribution in [2.24, 2.45) is 0 Å². The molecule has 0 saturated heterocycles. The van der Waals surface area contributed by atoms with Gasteiger partial charge in [-0.3, -0.25) is 4.79 Å². The number of nitrogens with zero attached hydrogens (tertiary/aromatic N) is 2. The number of aryl methyl sites for hydroxylation is 1. The summed E-state index contributed by atoms with van der Waals surface area (Å²) in [5.41, 5.74) is 2.01. The summed E-state index contributed by atoms with van der Waals surface area (Å²) in [4.78, 5) is 27.8. The summed E-state index contributed by atoms with van der Waals surface area (Å²) in [7, 11) is 1.60. The molecule has 8 heteroatoms. The molecule has 7 nitrogen and oxygen atoms in total. The van der Waals surface area contributed by atoms with Gasteiger partial charge in [0.05, 0.1) is 20.3 Å². The number of pyridine rings is 1. The van der Waals surface area contributed by atoms with Gasteiger partial charge in [0.2, 0.25) is 0 Å². The fourth-order valence-electron chi connectivity index (χ4n) is 5.41. The van der Waals surface area contributed by atoms with Crippen molar-refractivity contribution in [3.8, 4) is 11.5 Å². The first-order valence-corrected chi connectivity index (χ1v) is 17.4. The minimum atomic E-state index is -0.703. The molecule has 0 atom stereocenters. The summed E-state index contributed by atoms with van der Waals surface area (Å²) < 4.78 is 19.3. The number of hydrogen-bond donors (Lipinski definition) is 0. The van der Waals surface area contributed by atoms with E-state index in [1.165, 1.54) is 64.2 Å². The van der Waals surface area contributed by atoms with Crippen LogP contribution in [-0.2, 0) is 24.4 Å². The SMILES string of the molecule is CCCCCCCCCCCCCCOc1ccc(COC(=O)N(Cc2cc[n+](CCC)cc2)C(=O)c2ccccc2)cc1OC.[I-]. The summed E-state index contributed by atoms with van der Waals surface area (Å²) >= 11 is 0. The van der Waals surface area contributed by atoms with Crippen LogP contribution in [-0.4, -0.2) is 30.6 Å². The Morgan fingerprint density at radius 3 is 1.91 bits per heavy atom. The number of imide groups is 1. The molecule has 0 radical (unpaired) electrons. The molecule has 0 unspecified atom stereocenters. The van der Waals surface area contributed by atoms with E-state index >= 15 is 0 Å². The van der Waals surface area contributed by atoms with Gasteiger partial charge in [-0.2, -0.15) is 0 Å². The molecule has 3 aromatic rings. The molecule has 0 aliphatic rings. The second-order valence-electron chi connectivity index (χ2n) is 12.0. The lowest BCUT2D eigenvalue weighted by Gasteiger charge is -2.21. The Hall–Kier alpha value is -3.14. The van der Waals surface area contributed by atoms with Crippen LogP contribution in [0.5, 0.6) is 11.5 Å². The molecule has 2 aromatic carbocycles. The van der Waals surface area contributed by atoms with Gasteiger partial charge in [0.15, 0.2) is 23.9 Å². The molecule has 0 fully saturated rings. The first kappa shape index (κ1) is 40.0. The first-order chi connectivity index (χ1) is 22.5.